The number of allylic oxidation sites excluding steroid dienone is 1. The number of hydrogen-bond donors (Lipinski definition) is 1. The molecule has 0 aromatic carbocycles. The maximum atomic E-state index is 12.7. The zero-order valence-corrected chi connectivity index (χ0v) is 14.3. The fraction of sp³-hybridized carbons (Fsp3) is 0.850. The summed E-state index contributed by atoms with van der Waals surface area (Å²) in [5.41, 5.74) is 1.77. The van der Waals surface area contributed by atoms with Crippen LogP contribution in [0.4, 0.5) is 0 Å². The SMILES string of the molecule is CC1C[C@H]2[C@@H]3CC=C4C[C@@H](O)CC[C@]4(C)[C@H]3CC[C@]2(C)C1=O. The number of carbonyl (C=O) groups is 1. The van der Waals surface area contributed by atoms with E-state index in [1.807, 2.05) is 0 Å². The van der Waals surface area contributed by atoms with Gasteiger partial charge in [0.2, 0.25) is 0 Å². The maximum Gasteiger partial charge on any atom is 0.141 e. The van der Waals surface area contributed by atoms with Gasteiger partial charge in [-0.1, -0.05) is 32.4 Å². The molecular formula is C20H30O2. The highest BCUT2D eigenvalue weighted by Crippen LogP contribution is 2.64. The van der Waals surface area contributed by atoms with E-state index in [4.69, 9.17) is 0 Å². The molecule has 4 aliphatic carbocycles. The second-order valence-corrected chi connectivity index (χ2v) is 9.11. The van der Waals surface area contributed by atoms with E-state index >= 15 is 0 Å². The molecule has 7 atom stereocenters. The lowest BCUT2D eigenvalue weighted by Crippen LogP contribution is -2.50. The van der Waals surface area contributed by atoms with Gasteiger partial charge in [-0.15, -0.1) is 0 Å². The Bertz CT molecular complexity index is 536. The molecule has 2 heteroatoms. The summed E-state index contributed by atoms with van der Waals surface area (Å²) in [7, 11) is 0. The van der Waals surface area contributed by atoms with Crippen LogP contribution in [-0.2, 0) is 4.79 Å². The van der Waals surface area contributed by atoms with Gasteiger partial charge in [0.25, 0.3) is 0 Å². The van der Waals surface area contributed by atoms with Gasteiger partial charge < -0.3 is 5.11 Å². The van der Waals surface area contributed by atoms with Gasteiger partial charge in [-0.2, -0.15) is 0 Å². The Morgan fingerprint density at radius 1 is 1.14 bits per heavy atom. The van der Waals surface area contributed by atoms with Crippen LogP contribution in [0, 0.1) is 34.5 Å². The topological polar surface area (TPSA) is 37.3 Å². The standard InChI is InChI=1S/C20H30O2/c1-12-10-17-15-5-4-13-11-14(21)6-8-19(13,2)16(15)7-9-20(17,3)18(12)22/h4,12,14-17,21H,5-11H2,1-3H3/t12?,14-,15+,16-,17-,19-,20-/m0/s1. The molecule has 3 saturated carbocycles. The monoisotopic (exact) mass is 302 g/mol. The van der Waals surface area contributed by atoms with Crippen LogP contribution in [0.2, 0.25) is 0 Å². The van der Waals surface area contributed by atoms with Crippen LogP contribution >= 0.6 is 0 Å². The van der Waals surface area contributed by atoms with E-state index in [1.165, 1.54) is 12.0 Å². The molecule has 2 nitrogen and oxygen atoms in total. The zero-order chi connectivity index (χ0) is 15.7. The van der Waals surface area contributed by atoms with E-state index in [1.54, 1.807) is 0 Å². The smallest absolute Gasteiger partial charge is 0.141 e. The highest BCUT2D eigenvalue weighted by atomic mass is 16.3. The summed E-state index contributed by atoms with van der Waals surface area (Å²) in [5.74, 6) is 2.82. The van der Waals surface area contributed by atoms with Gasteiger partial charge in [0.1, 0.15) is 5.78 Å². The van der Waals surface area contributed by atoms with Gasteiger partial charge in [-0.3, -0.25) is 4.79 Å². The minimum absolute atomic E-state index is 0.0452. The van der Waals surface area contributed by atoms with Crippen molar-refractivity contribution in [3.63, 3.8) is 0 Å². The van der Waals surface area contributed by atoms with Crippen molar-refractivity contribution in [2.45, 2.75) is 71.8 Å². The number of Topliss-reactive ketones (excluding diaryl/α,β-unsaturated/α-hetero) is 1. The molecule has 4 aliphatic rings. The van der Waals surface area contributed by atoms with Gasteiger partial charge in [-0.05, 0) is 68.1 Å². The van der Waals surface area contributed by atoms with Crippen LogP contribution in [0.5, 0.6) is 0 Å². The molecule has 0 aromatic heterocycles. The third-order valence-electron chi connectivity index (χ3n) is 8.09. The lowest BCUT2D eigenvalue weighted by molar-refractivity contribution is -0.133. The summed E-state index contributed by atoms with van der Waals surface area (Å²) >= 11 is 0. The predicted molar refractivity (Wildman–Crippen MR) is 87.3 cm³/mol. The van der Waals surface area contributed by atoms with Gasteiger partial charge in [0, 0.05) is 11.3 Å². The molecule has 0 spiro atoms. The zero-order valence-electron chi connectivity index (χ0n) is 14.3. The van der Waals surface area contributed by atoms with E-state index in [0.717, 1.165) is 44.4 Å². The highest BCUT2D eigenvalue weighted by Gasteiger charge is 2.60. The number of fused-ring (bicyclic) bond motifs is 5. The van der Waals surface area contributed by atoms with Crippen LogP contribution in [-0.4, -0.2) is 17.0 Å². The summed E-state index contributed by atoms with van der Waals surface area (Å²) < 4.78 is 0. The summed E-state index contributed by atoms with van der Waals surface area (Å²) in [4.78, 5) is 12.7. The normalized spacial score (nSPS) is 54.3. The van der Waals surface area contributed by atoms with Crippen LogP contribution in [0.25, 0.3) is 0 Å². The van der Waals surface area contributed by atoms with Crippen LogP contribution in [0.3, 0.4) is 0 Å². The number of ketones is 1. The Morgan fingerprint density at radius 3 is 2.64 bits per heavy atom. The lowest BCUT2D eigenvalue weighted by atomic mass is 9.48. The fourth-order valence-electron chi connectivity index (χ4n) is 6.75. The Balaban J connectivity index is 1.70. The van der Waals surface area contributed by atoms with Crippen LogP contribution < -0.4 is 0 Å². The molecule has 0 aliphatic heterocycles. The molecule has 0 aromatic rings. The average molecular weight is 302 g/mol. The van der Waals surface area contributed by atoms with Gasteiger partial charge in [-0.25, -0.2) is 0 Å². The number of carbonyl (C=O) groups excluding carboxylic acids is 1. The molecular weight excluding hydrogens is 272 g/mol. The van der Waals surface area contributed by atoms with Crippen molar-refractivity contribution in [2.24, 2.45) is 34.5 Å². The molecule has 22 heavy (non-hydrogen) atoms. The first kappa shape index (κ1) is 14.9. The number of aliphatic hydroxyl groups is 1. The van der Waals surface area contributed by atoms with E-state index in [0.29, 0.717) is 23.0 Å². The summed E-state index contributed by atoms with van der Waals surface area (Å²) in [5, 5.41) is 10.0. The van der Waals surface area contributed by atoms with Crippen molar-refractivity contribution in [3.05, 3.63) is 11.6 Å². The van der Waals surface area contributed by atoms with Crippen LogP contribution in [0.1, 0.15) is 65.7 Å². The molecule has 0 saturated heterocycles. The predicted octanol–water partition coefficient (Wildman–Crippen LogP) is 4.13. The van der Waals surface area contributed by atoms with Gasteiger partial charge in [0.05, 0.1) is 6.10 Å². The molecule has 0 amide bonds. The molecule has 0 bridgehead atoms. The van der Waals surface area contributed by atoms with Crippen LogP contribution in [0.15, 0.2) is 11.6 Å². The average Bonchev–Trinajstić information content (AvgIpc) is 2.72. The maximum absolute atomic E-state index is 12.7. The summed E-state index contributed by atoms with van der Waals surface area (Å²) in [6.07, 6.45) is 9.84. The highest BCUT2D eigenvalue weighted by molar-refractivity contribution is 5.89. The van der Waals surface area contributed by atoms with Crippen molar-refractivity contribution in [1.29, 1.82) is 0 Å². The quantitative estimate of drug-likeness (QED) is 0.683. The molecule has 4 rings (SSSR count). The molecule has 1 N–H and O–H groups in total. The second kappa shape index (κ2) is 4.69. The van der Waals surface area contributed by atoms with Crippen molar-refractivity contribution in [1.82, 2.24) is 0 Å². The van der Waals surface area contributed by atoms with Crippen molar-refractivity contribution < 1.29 is 9.90 Å². The first-order valence-corrected chi connectivity index (χ1v) is 9.28. The Morgan fingerprint density at radius 2 is 1.86 bits per heavy atom. The minimum Gasteiger partial charge on any atom is -0.393 e. The number of hydrogen-bond acceptors (Lipinski definition) is 2. The third kappa shape index (κ3) is 1.79. The van der Waals surface area contributed by atoms with E-state index < -0.39 is 0 Å². The summed E-state index contributed by atoms with van der Waals surface area (Å²) in [6.45, 7) is 6.85. The lowest BCUT2D eigenvalue weighted by Gasteiger charge is -2.56. The summed E-state index contributed by atoms with van der Waals surface area (Å²) in [6, 6.07) is 0. The first-order chi connectivity index (χ1) is 10.4. The number of aliphatic hydroxyl groups excluding tert-OH is 1. The third-order valence-corrected chi connectivity index (χ3v) is 8.09. The number of rotatable bonds is 0. The Hall–Kier alpha value is -0.630. The van der Waals surface area contributed by atoms with Crippen molar-refractivity contribution >= 4 is 5.78 Å². The molecule has 3 fully saturated rings. The minimum atomic E-state index is -0.127. The molecule has 0 heterocycles. The molecule has 1 unspecified atom stereocenters. The largest absolute Gasteiger partial charge is 0.393 e. The van der Waals surface area contributed by atoms with Crippen molar-refractivity contribution in [2.75, 3.05) is 0 Å². The van der Waals surface area contributed by atoms with Crippen molar-refractivity contribution in [3.8, 4) is 0 Å². The molecule has 0 radical (unpaired) electrons. The van der Waals surface area contributed by atoms with Gasteiger partial charge >= 0.3 is 0 Å². The Kier molecular flexibility index (Phi) is 3.18. The Labute approximate surface area is 134 Å². The van der Waals surface area contributed by atoms with E-state index in [9.17, 15) is 9.90 Å². The first-order valence-electron chi connectivity index (χ1n) is 9.28. The fourth-order valence-corrected chi connectivity index (χ4v) is 6.75. The van der Waals surface area contributed by atoms with E-state index in [-0.39, 0.29) is 17.4 Å². The van der Waals surface area contributed by atoms with E-state index in [2.05, 4.69) is 26.8 Å². The van der Waals surface area contributed by atoms with Gasteiger partial charge in [0.15, 0.2) is 0 Å². The molecule has 122 valence electrons. The second-order valence-electron chi connectivity index (χ2n) is 9.11.